The molecule has 1 unspecified atom stereocenters. The van der Waals surface area contributed by atoms with E-state index in [0.717, 1.165) is 12.8 Å². The molecule has 23 heavy (non-hydrogen) atoms. The van der Waals surface area contributed by atoms with Crippen LogP contribution in [-0.2, 0) is 15.4 Å². The van der Waals surface area contributed by atoms with E-state index >= 15 is 0 Å². The first-order valence-electron chi connectivity index (χ1n) is 7.43. The molecule has 2 heterocycles. The smallest absolute Gasteiger partial charge is 0.263 e. The zero-order chi connectivity index (χ0) is 16.2. The summed E-state index contributed by atoms with van der Waals surface area (Å²) in [7, 11) is -3.54. The molecule has 120 valence electrons. The molecule has 1 N–H and O–H groups in total. The van der Waals surface area contributed by atoms with Crippen LogP contribution in [0.3, 0.4) is 0 Å². The molecular weight excluding hydrogens is 316 g/mol. The second kappa shape index (κ2) is 4.64. The molecule has 0 saturated heterocycles. The molecule has 1 atom stereocenters. The second-order valence-electron chi connectivity index (χ2n) is 6.27. The number of nitrogens with zero attached hydrogens (tertiary/aromatic N) is 3. The van der Waals surface area contributed by atoms with Gasteiger partial charge in [0.05, 0.1) is 4.90 Å². The maximum absolute atomic E-state index is 12.1. The molecule has 2 aromatic rings. The summed E-state index contributed by atoms with van der Waals surface area (Å²) in [5.41, 5.74) is 0.587. The van der Waals surface area contributed by atoms with Crippen LogP contribution in [0.25, 0.3) is 0 Å². The van der Waals surface area contributed by atoms with E-state index < -0.39 is 16.1 Å². The maximum Gasteiger partial charge on any atom is 0.263 e. The number of rotatable bonds is 3. The first-order chi connectivity index (χ1) is 10.9. The number of hydrogen-bond donors (Lipinski definition) is 1. The standard InChI is InChI=1S/C15H16N4O3S/c1-9(13-17-14(18-22-13)15(2)7-8-15)16-12-10-5-3-4-6-11(10)23(20,21)19-12/h3-6,9H,7-8H2,1-2H3,(H,16,19). The Bertz CT molecular complexity index is 912. The van der Waals surface area contributed by atoms with Gasteiger partial charge in [0.2, 0.25) is 0 Å². The van der Waals surface area contributed by atoms with Gasteiger partial charge in [-0.05, 0) is 31.9 Å². The Labute approximate surface area is 133 Å². The maximum atomic E-state index is 12.1. The normalized spacial score (nSPS) is 23.3. The lowest BCUT2D eigenvalue weighted by molar-refractivity contribution is 0.355. The zero-order valence-corrected chi connectivity index (χ0v) is 13.6. The van der Waals surface area contributed by atoms with E-state index in [1.165, 1.54) is 0 Å². The highest BCUT2D eigenvalue weighted by atomic mass is 32.2. The monoisotopic (exact) mass is 332 g/mol. The number of hydrogen-bond acceptors (Lipinski definition) is 6. The van der Waals surface area contributed by atoms with Gasteiger partial charge in [0.1, 0.15) is 11.9 Å². The molecule has 0 bridgehead atoms. The Kier molecular flexibility index (Phi) is 2.90. The molecule has 1 fully saturated rings. The molecule has 4 rings (SSSR count). The summed E-state index contributed by atoms with van der Waals surface area (Å²) in [6.07, 6.45) is 2.12. The van der Waals surface area contributed by atoms with Crippen molar-refractivity contribution in [3.05, 3.63) is 41.5 Å². The molecule has 0 amide bonds. The van der Waals surface area contributed by atoms with Gasteiger partial charge in [0, 0.05) is 11.0 Å². The summed E-state index contributed by atoms with van der Waals surface area (Å²) < 4.78 is 31.9. The van der Waals surface area contributed by atoms with Crippen LogP contribution in [-0.4, -0.2) is 24.4 Å². The zero-order valence-electron chi connectivity index (χ0n) is 12.8. The lowest BCUT2D eigenvalue weighted by atomic mass is 10.1. The molecule has 1 aromatic heterocycles. The fourth-order valence-electron chi connectivity index (χ4n) is 2.54. The molecule has 1 aliphatic carbocycles. The minimum absolute atomic E-state index is 0.0240. The van der Waals surface area contributed by atoms with Gasteiger partial charge in [-0.2, -0.15) is 4.98 Å². The number of benzene rings is 1. The molecule has 0 radical (unpaired) electrons. The van der Waals surface area contributed by atoms with Crippen molar-refractivity contribution >= 4 is 15.9 Å². The number of fused-ring (bicyclic) bond motifs is 1. The van der Waals surface area contributed by atoms with Crippen molar-refractivity contribution in [2.45, 2.75) is 43.0 Å². The molecule has 1 aliphatic heterocycles. The summed E-state index contributed by atoms with van der Waals surface area (Å²) in [5, 5.41) is 4.02. The average molecular weight is 332 g/mol. The van der Waals surface area contributed by atoms with Crippen LogP contribution in [0, 0.1) is 0 Å². The van der Waals surface area contributed by atoms with Crippen molar-refractivity contribution < 1.29 is 12.9 Å². The summed E-state index contributed by atoms with van der Waals surface area (Å²) in [6.45, 7) is 3.90. The molecule has 8 heteroatoms. The van der Waals surface area contributed by atoms with Crippen molar-refractivity contribution in [3.63, 3.8) is 0 Å². The van der Waals surface area contributed by atoms with E-state index in [2.05, 4.69) is 26.8 Å². The molecule has 1 saturated carbocycles. The van der Waals surface area contributed by atoms with Gasteiger partial charge in [-0.25, -0.2) is 8.42 Å². The van der Waals surface area contributed by atoms with Gasteiger partial charge in [0.15, 0.2) is 5.82 Å². The highest BCUT2D eigenvalue weighted by molar-refractivity contribution is 7.90. The van der Waals surface area contributed by atoms with Gasteiger partial charge in [0.25, 0.3) is 15.9 Å². The predicted octanol–water partition coefficient (Wildman–Crippen LogP) is 1.92. The van der Waals surface area contributed by atoms with Crippen LogP contribution in [0.1, 0.15) is 50.0 Å². The lowest BCUT2D eigenvalue weighted by Crippen LogP contribution is -2.22. The fraction of sp³-hybridized carbons (Fsp3) is 0.400. The molecule has 7 nitrogen and oxygen atoms in total. The minimum atomic E-state index is -3.54. The largest absolute Gasteiger partial charge is 0.337 e. The molecule has 1 aromatic carbocycles. The first kappa shape index (κ1) is 14.4. The molecule has 2 aliphatic rings. The fourth-order valence-corrected chi connectivity index (χ4v) is 3.78. The Balaban J connectivity index is 1.67. The molecular formula is C15H16N4O3S. The number of sulfonamides is 1. The Morgan fingerprint density at radius 2 is 2.09 bits per heavy atom. The molecule has 0 spiro atoms. The first-order valence-corrected chi connectivity index (χ1v) is 8.91. The predicted molar refractivity (Wildman–Crippen MR) is 82.6 cm³/mol. The van der Waals surface area contributed by atoms with Crippen LogP contribution >= 0.6 is 0 Å². The van der Waals surface area contributed by atoms with E-state index in [1.807, 2.05) is 0 Å². The quantitative estimate of drug-likeness (QED) is 0.926. The average Bonchev–Trinajstić information content (AvgIpc) is 2.99. The van der Waals surface area contributed by atoms with Crippen molar-refractivity contribution in [1.82, 2.24) is 14.9 Å². The summed E-state index contributed by atoms with van der Waals surface area (Å²) in [6, 6.07) is 6.32. The Morgan fingerprint density at radius 1 is 1.35 bits per heavy atom. The number of aliphatic imine (C=N–C) groups is 1. The topological polar surface area (TPSA) is 97.5 Å². The van der Waals surface area contributed by atoms with Crippen LogP contribution in [0.5, 0.6) is 0 Å². The van der Waals surface area contributed by atoms with E-state index in [9.17, 15) is 8.42 Å². The summed E-state index contributed by atoms with van der Waals surface area (Å²) >= 11 is 0. The third-order valence-corrected chi connectivity index (χ3v) is 5.72. The third-order valence-electron chi connectivity index (χ3n) is 4.32. The lowest BCUT2D eigenvalue weighted by Gasteiger charge is -2.03. The van der Waals surface area contributed by atoms with Crippen molar-refractivity contribution in [3.8, 4) is 0 Å². The van der Waals surface area contributed by atoms with Gasteiger partial charge in [-0.15, -0.1) is 0 Å². The Morgan fingerprint density at radius 3 is 2.83 bits per heavy atom. The van der Waals surface area contributed by atoms with E-state index in [0.29, 0.717) is 23.1 Å². The van der Waals surface area contributed by atoms with Gasteiger partial charge in [-0.1, -0.05) is 24.2 Å². The van der Waals surface area contributed by atoms with Crippen LogP contribution in [0.4, 0.5) is 0 Å². The van der Waals surface area contributed by atoms with E-state index in [-0.39, 0.29) is 10.3 Å². The van der Waals surface area contributed by atoms with Gasteiger partial charge < -0.3 is 4.52 Å². The van der Waals surface area contributed by atoms with E-state index in [4.69, 9.17) is 4.52 Å². The highest BCUT2D eigenvalue weighted by Gasteiger charge is 2.44. The minimum Gasteiger partial charge on any atom is -0.337 e. The number of amidine groups is 1. The van der Waals surface area contributed by atoms with Gasteiger partial charge in [-0.3, -0.25) is 9.71 Å². The van der Waals surface area contributed by atoms with Gasteiger partial charge >= 0.3 is 0 Å². The van der Waals surface area contributed by atoms with Crippen molar-refractivity contribution in [2.24, 2.45) is 4.99 Å². The summed E-state index contributed by atoms with van der Waals surface area (Å²) in [5.74, 6) is 1.40. The van der Waals surface area contributed by atoms with Crippen LogP contribution in [0.15, 0.2) is 38.7 Å². The van der Waals surface area contributed by atoms with Crippen molar-refractivity contribution in [2.75, 3.05) is 0 Å². The van der Waals surface area contributed by atoms with E-state index in [1.54, 1.807) is 31.2 Å². The highest BCUT2D eigenvalue weighted by Crippen LogP contribution is 2.46. The second-order valence-corrected chi connectivity index (χ2v) is 7.92. The number of aromatic nitrogens is 2. The number of nitrogens with one attached hydrogen (secondary N) is 1. The third kappa shape index (κ3) is 2.33. The van der Waals surface area contributed by atoms with Crippen LogP contribution < -0.4 is 4.72 Å². The van der Waals surface area contributed by atoms with Crippen LogP contribution in [0.2, 0.25) is 0 Å². The Hall–Kier alpha value is -2.22. The summed E-state index contributed by atoms with van der Waals surface area (Å²) in [4.78, 5) is 9.08. The SMILES string of the molecule is CC(N=C1NS(=O)(=O)c2ccccc21)c1nc(C2(C)CC2)no1. The van der Waals surface area contributed by atoms with Crippen molar-refractivity contribution in [1.29, 1.82) is 0 Å².